The highest BCUT2D eigenvalue weighted by atomic mass is 35.5. The molecule has 2 aromatic rings. The molecular formula is C12H12ClFN2S. The Balaban J connectivity index is 2.18. The lowest BCUT2D eigenvalue weighted by Crippen LogP contribution is -2.20. The van der Waals surface area contributed by atoms with E-state index in [-0.39, 0.29) is 11.9 Å². The number of hydrogen-bond acceptors (Lipinski definition) is 3. The van der Waals surface area contributed by atoms with Gasteiger partial charge < -0.3 is 11.1 Å². The molecule has 0 aliphatic heterocycles. The summed E-state index contributed by atoms with van der Waals surface area (Å²) in [6.45, 7) is 0.435. The monoisotopic (exact) mass is 270 g/mol. The van der Waals surface area contributed by atoms with Crippen molar-refractivity contribution in [2.24, 2.45) is 5.73 Å². The molecule has 0 bridgehead atoms. The molecule has 90 valence electrons. The molecule has 0 spiro atoms. The summed E-state index contributed by atoms with van der Waals surface area (Å²) in [5.74, 6) is -0.360. The largest absolute Gasteiger partial charge is 0.377 e. The van der Waals surface area contributed by atoms with Gasteiger partial charge in [0.1, 0.15) is 5.82 Å². The van der Waals surface area contributed by atoms with Crippen LogP contribution in [0.15, 0.2) is 35.0 Å². The topological polar surface area (TPSA) is 38.0 Å². The SMILES string of the molecule is NCC(Nc1cc(F)cc(Cl)c1)c1ccsc1. The van der Waals surface area contributed by atoms with E-state index >= 15 is 0 Å². The number of anilines is 1. The molecule has 2 nitrogen and oxygen atoms in total. The zero-order valence-electron chi connectivity index (χ0n) is 8.99. The number of rotatable bonds is 4. The highest BCUT2D eigenvalue weighted by molar-refractivity contribution is 7.08. The third-order valence-electron chi connectivity index (χ3n) is 2.38. The molecule has 5 heteroatoms. The Bertz CT molecular complexity index is 467. The van der Waals surface area contributed by atoms with E-state index < -0.39 is 0 Å². The van der Waals surface area contributed by atoms with Crippen LogP contribution in [0.5, 0.6) is 0 Å². The maximum atomic E-state index is 13.2. The lowest BCUT2D eigenvalue weighted by Gasteiger charge is -2.17. The molecule has 0 aliphatic carbocycles. The van der Waals surface area contributed by atoms with Crippen molar-refractivity contribution < 1.29 is 4.39 Å². The van der Waals surface area contributed by atoms with Crippen molar-refractivity contribution >= 4 is 28.6 Å². The van der Waals surface area contributed by atoms with Crippen LogP contribution in [-0.2, 0) is 0 Å². The van der Waals surface area contributed by atoms with Crippen LogP contribution in [0.4, 0.5) is 10.1 Å². The molecular weight excluding hydrogens is 259 g/mol. The average Bonchev–Trinajstić information content (AvgIpc) is 2.77. The molecule has 0 fully saturated rings. The highest BCUT2D eigenvalue weighted by Crippen LogP contribution is 2.24. The minimum absolute atomic E-state index is 0.0286. The summed E-state index contributed by atoms with van der Waals surface area (Å²) in [4.78, 5) is 0. The summed E-state index contributed by atoms with van der Waals surface area (Å²) in [5, 5.41) is 7.54. The predicted octanol–water partition coefficient (Wildman–Crippen LogP) is 3.65. The zero-order chi connectivity index (χ0) is 12.3. The number of hydrogen-bond donors (Lipinski definition) is 2. The van der Waals surface area contributed by atoms with Gasteiger partial charge in [0.25, 0.3) is 0 Å². The molecule has 0 saturated carbocycles. The van der Waals surface area contributed by atoms with E-state index in [1.807, 2.05) is 16.8 Å². The number of thiophene rings is 1. The third kappa shape index (κ3) is 3.19. The predicted molar refractivity (Wildman–Crippen MR) is 71.1 cm³/mol. The molecule has 1 heterocycles. The molecule has 0 saturated heterocycles. The second-order valence-electron chi connectivity index (χ2n) is 3.65. The van der Waals surface area contributed by atoms with Crippen LogP contribution in [0.1, 0.15) is 11.6 Å². The number of halogens is 2. The Kier molecular flexibility index (Phi) is 3.99. The summed E-state index contributed by atoms with van der Waals surface area (Å²) < 4.78 is 13.2. The van der Waals surface area contributed by atoms with Crippen molar-refractivity contribution in [3.05, 3.63) is 51.4 Å². The van der Waals surface area contributed by atoms with Crippen molar-refractivity contribution in [2.45, 2.75) is 6.04 Å². The summed E-state index contributed by atoms with van der Waals surface area (Å²) in [6, 6.07) is 6.32. The fourth-order valence-electron chi connectivity index (χ4n) is 1.59. The second-order valence-corrected chi connectivity index (χ2v) is 4.86. The van der Waals surface area contributed by atoms with E-state index in [1.54, 1.807) is 17.4 Å². The molecule has 1 unspecified atom stereocenters. The molecule has 1 aromatic heterocycles. The van der Waals surface area contributed by atoms with Gasteiger partial charge in [-0.05, 0) is 40.6 Å². The van der Waals surface area contributed by atoms with Crippen LogP contribution in [0.25, 0.3) is 0 Å². The van der Waals surface area contributed by atoms with Crippen molar-refractivity contribution in [2.75, 3.05) is 11.9 Å². The molecule has 0 aliphatic rings. The van der Waals surface area contributed by atoms with E-state index in [1.165, 1.54) is 12.1 Å². The molecule has 0 amide bonds. The van der Waals surface area contributed by atoms with E-state index in [0.717, 1.165) is 5.56 Å². The second kappa shape index (κ2) is 5.49. The van der Waals surface area contributed by atoms with Crippen LogP contribution in [0.3, 0.4) is 0 Å². The van der Waals surface area contributed by atoms with Gasteiger partial charge in [0.15, 0.2) is 0 Å². The average molecular weight is 271 g/mol. The summed E-state index contributed by atoms with van der Waals surface area (Å²) in [7, 11) is 0. The number of nitrogens with two attached hydrogens (primary N) is 1. The zero-order valence-corrected chi connectivity index (χ0v) is 10.6. The van der Waals surface area contributed by atoms with Crippen LogP contribution in [0, 0.1) is 5.82 Å². The molecule has 2 rings (SSSR count). The lowest BCUT2D eigenvalue weighted by molar-refractivity contribution is 0.627. The van der Waals surface area contributed by atoms with Gasteiger partial charge in [-0.1, -0.05) is 11.6 Å². The minimum atomic E-state index is -0.360. The van der Waals surface area contributed by atoms with Crippen LogP contribution in [0.2, 0.25) is 5.02 Å². The Hall–Kier alpha value is -1.10. The van der Waals surface area contributed by atoms with Gasteiger partial charge in [-0.3, -0.25) is 0 Å². The van der Waals surface area contributed by atoms with Crippen LogP contribution in [-0.4, -0.2) is 6.54 Å². The van der Waals surface area contributed by atoms with Crippen molar-refractivity contribution in [1.29, 1.82) is 0 Å². The molecule has 1 aromatic carbocycles. The fourth-order valence-corrected chi connectivity index (χ4v) is 2.53. The lowest BCUT2D eigenvalue weighted by atomic mass is 10.1. The first-order chi connectivity index (χ1) is 8.19. The van der Waals surface area contributed by atoms with E-state index in [4.69, 9.17) is 17.3 Å². The van der Waals surface area contributed by atoms with Crippen LogP contribution < -0.4 is 11.1 Å². The molecule has 0 radical (unpaired) electrons. The molecule has 17 heavy (non-hydrogen) atoms. The molecule has 3 N–H and O–H groups in total. The van der Waals surface area contributed by atoms with Crippen molar-refractivity contribution in [3.63, 3.8) is 0 Å². The first-order valence-electron chi connectivity index (χ1n) is 5.14. The van der Waals surface area contributed by atoms with E-state index in [9.17, 15) is 4.39 Å². The third-order valence-corrected chi connectivity index (χ3v) is 3.30. The Morgan fingerprint density at radius 1 is 1.41 bits per heavy atom. The van der Waals surface area contributed by atoms with E-state index in [2.05, 4.69) is 5.32 Å². The van der Waals surface area contributed by atoms with Crippen molar-refractivity contribution in [1.82, 2.24) is 0 Å². The molecule has 1 atom stereocenters. The minimum Gasteiger partial charge on any atom is -0.377 e. The summed E-state index contributed by atoms with van der Waals surface area (Å²) >= 11 is 7.40. The Morgan fingerprint density at radius 2 is 2.24 bits per heavy atom. The standard InChI is InChI=1S/C12H12ClFN2S/c13-9-3-10(14)5-11(4-9)16-12(6-15)8-1-2-17-7-8/h1-5,7,12,16H,6,15H2. The van der Waals surface area contributed by atoms with E-state index in [0.29, 0.717) is 17.3 Å². The van der Waals surface area contributed by atoms with Gasteiger partial charge in [0.2, 0.25) is 0 Å². The van der Waals surface area contributed by atoms with Gasteiger partial charge in [0, 0.05) is 17.3 Å². The number of benzene rings is 1. The first-order valence-corrected chi connectivity index (χ1v) is 6.46. The quantitative estimate of drug-likeness (QED) is 0.890. The van der Waals surface area contributed by atoms with Gasteiger partial charge >= 0.3 is 0 Å². The van der Waals surface area contributed by atoms with Gasteiger partial charge in [-0.2, -0.15) is 11.3 Å². The van der Waals surface area contributed by atoms with Gasteiger partial charge in [-0.15, -0.1) is 0 Å². The summed E-state index contributed by atoms with van der Waals surface area (Å²) in [5.41, 5.74) is 7.43. The fraction of sp³-hybridized carbons (Fsp3) is 0.167. The van der Waals surface area contributed by atoms with Crippen LogP contribution >= 0.6 is 22.9 Å². The Labute approximate surface area is 108 Å². The number of nitrogens with one attached hydrogen (secondary N) is 1. The maximum Gasteiger partial charge on any atom is 0.126 e. The summed E-state index contributed by atoms with van der Waals surface area (Å²) in [6.07, 6.45) is 0. The van der Waals surface area contributed by atoms with Crippen molar-refractivity contribution in [3.8, 4) is 0 Å². The van der Waals surface area contributed by atoms with Gasteiger partial charge in [0.05, 0.1) is 6.04 Å². The highest BCUT2D eigenvalue weighted by Gasteiger charge is 2.10. The normalized spacial score (nSPS) is 12.4. The Morgan fingerprint density at radius 3 is 2.82 bits per heavy atom. The first kappa shape index (κ1) is 12.4. The van der Waals surface area contributed by atoms with Gasteiger partial charge in [-0.25, -0.2) is 4.39 Å². The smallest absolute Gasteiger partial charge is 0.126 e. The maximum absolute atomic E-state index is 13.2.